The van der Waals surface area contributed by atoms with Crippen molar-refractivity contribution in [3.05, 3.63) is 29.3 Å². The van der Waals surface area contributed by atoms with Crippen molar-refractivity contribution in [2.24, 2.45) is 5.92 Å². The Hall–Kier alpha value is -1.06. The Bertz CT molecular complexity index is 346. The summed E-state index contributed by atoms with van der Waals surface area (Å²) in [5, 5.41) is 18.1. The van der Waals surface area contributed by atoms with Crippen LogP contribution in [0.15, 0.2) is 18.2 Å². The number of aryl methyl sites for hydroxylation is 2. The molecule has 0 bridgehead atoms. The van der Waals surface area contributed by atoms with Gasteiger partial charge in [-0.2, -0.15) is 0 Å². The number of ether oxygens (including phenoxy) is 1. The van der Waals surface area contributed by atoms with E-state index in [0.717, 1.165) is 31.6 Å². The van der Waals surface area contributed by atoms with Gasteiger partial charge >= 0.3 is 0 Å². The molecule has 0 aromatic heterocycles. The molecular formula is C15H24O3. The molecule has 0 saturated heterocycles. The van der Waals surface area contributed by atoms with Crippen LogP contribution in [0.25, 0.3) is 0 Å². The summed E-state index contributed by atoms with van der Waals surface area (Å²) in [5.74, 6) is 0.902. The van der Waals surface area contributed by atoms with Gasteiger partial charge in [-0.1, -0.05) is 13.0 Å². The number of hydrogen-bond acceptors (Lipinski definition) is 3. The van der Waals surface area contributed by atoms with E-state index in [4.69, 9.17) is 14.9 Å². The minimum atomic E-state index is -0.0135. The third-order valence-electron chi connectivity index (χ3n) is 3.13. The summed E-state index contributed by atoms with van der Waals surface area (Å²) in [4.78, 5) is 0. The van der Waals surface area contributed by atoms with E-state index in [9.17, 15) is 0 Å². The lowest BCUT2D eigenvalue weighted by Crippen LogP contribution is -2.12. The minimum absolute atomic E-state index is 0.0135. The molecule has 0 aliphatic rings. The Kier molecular flexibility index (Phi) is 6.76. The average Bonchev–Trinajstić information content (AvgIpc) is 2.39. The topological polar surface area (TPSA) is 49.7 Å². The van der Waals surface area contributed by atoms with Crippen LogP contribution in [0.5, 0.6) is 5.75 Å². The van der Waals surface area contributed by atoms with Crippen molar-refractivity contribution >= 4 is 0 Å². The van der Waals surface area contributed by atoms with E-state index in [0.29, 0.717) is 0 Å². The van der Waals surface area contributed by atoms with Crippen LogP contribution in [-0.2, 0) is 6.42 Å². The van der Waals surface area contributed by atoms with Gasteiger partial charge in [-0.15, -0.1) is 0 Å². The fourth-order valence-corrected chi connectivity index (χ4v) is 1.86. The molecule has 0 fully saturated rings. The lowest BCUT2D eigenvalue weighted by molar-refractivity contribution is 0.144. The predicted octanol–water partition coefficient (Wildman–Crippen LogP) is 2.32. The largest absolute Gasteiger partial charge is 0.494 e. The van der Waals surface area contributed by atoms with Gasteiger partial charge in [-0.05, 0) is 49.4 Å². The molecule has 0 aliphatic carbocycles. The third kappa shape index (κ3) is 4.67. The van der Waals surface area contributed by atoms with Crippen LogP contribution < -0.4 is 4.74 Å². The molecule has 0 unspecified atom stereocenters. The normalized spacial score (nSPS) is 10.9. The number of rotatable bonds is 8. The Morgan fingerprint density at radius 1 is 1.22 bits per heavy atom. The van der Waals surface area contributed by atoms with Crippen LogP contribution in [0.4, 0.5) is 0 Å². The summed E-state index contributed by atoms with van der Waals surface area (Å²) in [6.45, 7) is 5.00. The van der Waals surface area contributed by atoms with E-state index >= 15 is 0 Å². The second-order valence-corrected chi connectivity index (χ2v) is 4.71. The Morgan fingerprint density at radius 2 is 1.94 bits per heavy atom. The van der Waals surface area contributed by atoms with Gasteiger partial charge < -0.3 is 14.9 Å². The molecular weight excluding hydrogens is 228 g/mol. The summed E-state index contributed by atoms with van der Waals surface area (Å²) >= 11 is 0. The Balaban J connectivity index is 2.56. The number of aliphatic hydroxyl groups excluding tert-OH is 2. The molecule has 1 aromatic carbocycles. The first kappa shape index (κ1) is 15.0. The van der Waals surface area contributed by atoms with Gasteiger partial charge in [0.15, 0.2) is 0 Å². The quantitative estimate of drug-likeness (QED) is 0.746. The van der Waals surface area contributed by atoms with Crippen molar-refractivity contribution in [2.45, 2.75) is 33.1 Å². The molecule has 102 valence electrons. The molecule has 0 aliphatic heterocycles. The lowest BCUT2D eigenvalue weighted by Gasteiger charge is -2.13. The lowest BCUT2D eigenvalue weighted by atomic mass is 9.98. The van der Waals surface area contributed by atoms with Crippen LogP contribution in [0.3, 0.4) is 0 Å². The van der Waals surface area contributed by atoms with Crippen molar-refractivity contribution in [3.8, 4) is 5.75 Å². The van der Waals surface area contributed by atoms with Gasteiger partial charge in [-0.3, -0.25) is 0 Å². The average molecular weight is 252 g/mol. The summed E-state index contributed by atoms with van der Waals surface area (Å²) in [6, 6.07) is 6.12. The molecule has 3 nitrogen and oxygen atoms in total. The first-order valence-electron chi connectivity index (χ1n) is 6.65. The number of aliphatic hydroxyl groups is 2. The zero-order valence-corrected chi connectivity index (χ0v) is 11.4. The highest BCUT2D eigenvalue weighted by molar-refractivity contribution is 5.34. The van der Waals surface area contributed by atoms with Gasteiger partial charge in [0.25, 0.3) is 0 Å². The standard InChI is InChI=1S/C15H24O3/c1-3-8-18-15-7-6-14(12(2)9-15)5-4-13(10-16)11-17/h6-7,9,13,16-17H,3-5,8,10-11H2,1-2H3. The van der Waals surface area contributed by atoms with Crippen LogP contribution in [-0.4, -0.2) is 30.0 Å². The summed E-state index contributed by atoms with van der Waals surface area (Å²) < 4.78 is 5.58. The first-order chi connectivity index (χ1) is 8.71. The molecule has 0 amide bonds. The first-order valence-corrected chi connectivity index (χ1v) is 6.65. The van der Waals surface area contributed by atoms with Gasteiger partial charge in [0.1, 0.15) is 5.75 Å². The molecule has 0 saturated carbocycles. The molecule has 0 radical (unpaired) electrons. The van der Waals surface area contributed by atoms with Crippen molar-refractivity contribution in [1.29, 1.82) is 0 Å². The van der Waals surface area contributed by atoms with Gasteiger partial charge in [-0.25, -0.2) is 0 Å². The summed E-state index contributed by atoms with van der Waals surface area (Å²) in [5.41, 5.74) is 2.46. The highest BCUT2D eigenvalue weighted by Gasteiger charge is 2.07. The molecule has 0 atom stereocenters. The second kappa shape index (κ2) is 8.11. The second-order valence-electron chi connectivity index (χ2n) is 4.71. The smallest absolute Gasteiger partial charge is 0.119 e. The van der Waals surface area contributed by atoms with E-state index in [1.165, 1.54) is 11.1 Å². The maximum atomic E-state index is 9.03. The van der Waals surface area contributed by atoms with Crippen molar-refractivity contribution < 1.29 is 14.9 Å². The Labute approximate surface area is 109 Å². The summed E-state index contributed by atoms with van der Waals surface area (Å²) in [7, 11) is 0. The molecule has 2 N–H and O–H groups in total. The van der Waals surface area contributed by atoms with Gasteiger partial charge in [0, 0.05) is 19.1 Å². The SMILES string of the molecule is CCCOc1ccc(CCC(CO)CO)c(C)c1. The Morgan fingerprint density at radius 3 is 2.50 bits per heavy atom. The highest BCUT2D eigenvalue weighted by Crippen LogP contribution is 2.20. The maximum Gasteiger partial charge on any atom is 0.119 e. The molecule has 18 heavy (non-hydrogen) atoms. The van der Waals surface area contributed by atoms with Gasteiger partial charge in [0.2, 0.25) is 0 Å². The van der Waals surface area contributed by atoms with Crippen molar-refractivity contribution in [2.75, 3.05) is 19.8 Å². The molecule has 1 rings (SSSR count). The maximum absolute atomic E-state index is 9.03. The van der Waals surface area contributed by atoms with E-state index in [-0.39, 0.29) is 19.1 Å². The zero-order chi connectivity index (χ0) is 13.4. The van der Waals surface area contributed by atoms with Crippen LogP contribution >= 0.6 is 0 Å². The fourth-order valence-electron chi connectivity index (χ4n) is 1.86. The van der Waals surface area contributed by atoms with Crippen LogP contribution in [0, 0.1) is 12.8 Å². The van der Waals surface area contributed by atoms with E-state index in [2.05, 4.69) is 26.0 Å². The summed E-state index contributed by atoms with van der Waals surface area (Å²) in [6.07, 6.45) is 2.70. The molecule has 0 spiro atoms. The van der Waals surface area contributed by atoms with E-state index in [1.807, 2.05) is 6.07 Å². The molecule has 0 heterocycles. The molecule has 1 aromatic rings. The third-order valence-corrected chi connectivity index (χ3v) is 3.13. The highest BCUT2D eigenvalue weighted by atomic mass is 16.5. The van der Waals surface area contributed by atoms with E-state index < -0.39 is 0 Å². The number of hydrogen-bond donors (Lipinski definition) is 2. The van der Waals surface area contributed by atoms with E-state index in [1.54, 1.807) is 0 Å². The van der Waals surface area contributed by atoms with Crippen molar-refractivity contribution in [1.82, 2.24) is 0 Å². The van der Waals surface area contributed by atoms with Crippen LogP contribution in [0.2, 0.25) is 0 Å². The minimum Gasteiger partial charge on any atom is -0.494 e. The molecule has 3 heteroatoms. The zero-order valence-electron chi connectivity index (χ0n) is 11.4. The predicted molar refractivity (Wildman–Crippen MR) is 72.9 cm³/mol. The fraction of sp³-hybridized carbons (Fsp3) is 0.600. The number of benzene rings is 1. The van der Waals surface area contributed by atoms with Gasteiger partial charge in [0.05, 0.1) is 6.61 Å². The monoisotopic (exact) mass is 252 g/mol. The van der Waals surface area contributed by atoms with Crippen LogP contribution in [0.1, 0.15) is 30.9 Å². The van der Waals surface area contributed by atoms with Crippen molar-refractivity contribution in [3.63, 3.8) is 0 Å².